The Balaban J connectivity index is 2.18. The molecule has 0 fully saturated rings. The summed E-state index contributed by atoms with van der Waals surface area (Å²) in [6.07, 6.45) is 0. The maximum absolute atomic E-state index is 10.8. The number of nitrogens with zero attached hydrogens (tertiary/aromatic N) is 3. The molecule has 106 valence electrons. The molecule has 2 aromatic heterocycles. The van der Waals surface area contributed by atoms with Gasteiger partial charge in [-0.25, -0.2) is 9.97 Å². The first-order valence-electron chi connectivity index (χ1n) is 5.83. The van der Waals surface area contributed by atoms with Crippen LogP contribution in [0.4, 0.5) is 5.69 Å². The lowest BCUT2D eigenvalue weighted by atomic mass is 10.2. The van der Waals surface area contributed by atoms with Gasteiger partial charge in [0, 0.05) is 29.0 Å². The first-order chi connectivity index (χ1) is 10.1. The summed E-state index contributed by atoms with van der Waals surface area (Å²) in [5.41, 5.74) is 0.401. The maximum atomic E-state index is 10.8. The summed E-state index contributed by atoms with van der Waals surface area (Å²) in [5.74, 6) is 1.12. The van der Waals surface area contributed by atoms with Crippen molar-refractivity contribution < 1.29 is 9.66 Å². The molecule has 3 rings (SSSR count). The van der Waals surface area contributed by atoms with Gasteiger partial charge in [0.1, 0.15) is 10.9 Å². The number of methoxy groups -OCH3 is 1. The van der Waals surface area contributed by atoms with Crippen LogP contribution >= 0.6 is 22.9 Å². The van der Waals surface area contributed by atoms with Crippen molar-refractivity contribution in [2.75, 3.05) is 7.11 Å². The minimum Gasteiger partial charge on any atom is -0.496 e. The Kier molecular flexibility index (Phi) is 3.44. The van der Waals surface area contributed by atoms with E-state index < -0.39 is 4.92 Å². The highest BCUT2D eigenvalue weighted by Crippen LogP contribution is 2.32. The number of nitro benzene ring substituents is 1. The van der Waals surface area contributed by atoms with Crippen molar-refractivity contribution in [3.8, 4) is 16.5 Å². The summed E-state index contributed by atoms with van der Waals surface area (Å²) >= 11 is 7.55. The van der Waals surface area contributed by atoms with Crippen LogP contribution in [0.1, 0.15) is 0 Å². The van der Waals surface area contributed by atoms with Gasteiger partial charge in [-0.05, 0) is 6.07 Å². The van der Waals surface area contributed by atoms with Gasteiger partial charge >= 0.3 is 0 Å². The molecule has 6 nitrogen and oxygen atoms in total. The number of aromatic nitrogens is 2. The Morgan fingerprint density at radius 2 is 2.14 bits per heavy atom. The second-order valence-electron chi connectivity index (χ2n) is 4.15. The molecule has 0 N–H and O–H groups in total. The summed E-state index contributed by atoms with van der Waals surface area (Å²) in [6, 6.07) is 6.11. The smallest absolute Gasteiger partial charge is 0.271 e. The van der Waals surface area contributed by atoms with Crippen molar-refractivity contribution in [3.05, 3.63) is 44.9 Å². The van der Waals surface area contributed by atoms with Crippen LogP contribution in [0.3, 0.4) is 0 Å². The summed E-state index contributed by atoms with van der Waals surface area (Å²) < 4.78 is 5.12. The molecule has 3 aromatic rings. The van der Waals surface area contributed by atoms with E-state index in [-0.39, 0.29) is 10.8 Å². The lowest BCUT2D eigenvalue weighted by Gasteiger charge is -2.02. The standard InChI is InChI=1S/C13H8ClN3O3S/c1-20-8-5-11(21-6-8)13-15-10-4-7(17(18)19)2-3-9(10)12(14)16-13/h2-6H,1H3. The van der Waals surface area contributed by atoms with E-state index in [0.717, 1.165) is 4.88 Å². The van der Waals surface area contributed by atoms with Crippen molar-refractivity contribution in [2.24, 2.45) is 0 Å². The summed E-state index contributed by atoms with van der Waals surface area (Å²) in [4.78, 5) is 19.7. The lowest BCUT2D eigenvalue weighted by Crippen LogP contribution is -1.93. The second kappa shape index (κ2) is 5.27. The molecule has 0 aliphatic carbocycles. The van der Waals surface area contributed by atoms with Gasteiger partial charge in [-0.15, -0.1) is 11.3 Å². The Hall–Kier alpha value is -2.25. The molecule has 0 bridgehead atoms. The van der Waals surface area contributed by atoms with Crippen molar-refractivity contribution >= 4 is 39.5 Å². The van der Waals surface area contributed by atoms with Crippen molar-refractivity contribution in [2.45, 2.75) is 0 Å². The van der Waals surface area contributed by atoms with Gasteiger partial charge in [0.2, 0.25) is 0 Å². The molecule has 8 heteroatoms. The van der Waals surface area contributed by atoms with E-state index in [9.17, 15) is 10.1 Å². The van der Waals surface area contributed by atoms with Gasteiger partial charge in [-0.3, -0.25) is 10.1 Å². The third-order valence-electron chi connectivity index (χ3n) is 2.88. The van der Waals surface area contributed by atoms with Gasteiger partial charge < -0.3 is 4.74 Å². The summed E-state index contributed by atoms with van der Waals surface area (Å²) in [7, 11) is 1.57. The van der Waals surface area contributed by atoms with Crippen molar-refractivity contribution in [3.63, 3.8) is 0 Å². The molecular weight excluding hydrogens is 314 g/mol. The van der Waals surface area contributed by atoms with Gasteiger partial charge in [0.25, 0.3) is 5.69 Å². The normalized spacial score (nSPS) is 10.8. The molecule has 0 amide bonds. The van der Waals surface area contributed by atoms with Crippen LogP contribution < -0.4 is 4.74 Å². The average molecular weight is 322 g/mol. The Labute approximate surface area is 128 Å². The van der Waals surface area contributed by atoms with E-state index in [4.69, 9.17) is 16.3 Å². The number of rotatable bonds is 3. The zero-order valence-corrected chi connectivity index (χ0v) is 12.3. The van der Waals surface area contributed by atoms with E-state index in [0.29, 0.717) is 22.5 Å². The van der Waals surface area contributed by atoms with E-state index in [1.54, 1.807) is 19.2 Å². The quantitative estimate of drug-likeness (QED) is 0.415. The van der Waals surface area contributed by atoms with Crippen LogP contribution in [0, 0.1) is 10.1 Å². The number of fused-ring (bicyclic) bond motifs is 1. The number of hydrogen-bond donors (Lipinski definition) is 0. The fraction of sp³-hybridized carbons (Fsp3) is 0.0769. The Morgan fingerprint density at radius 3 is 2.81 bits per heavy atom. The molecule has 0 atom stereocenters. The number of benzene rings is 1. The predicted molar refractivity (Wildman–Crippen MR) is 81.1 cm³/mol. The van der Waals surface area contributed by atoms with Crippen molar-refractivity contribution in [1.82, 2.24) is 9.97 Å². The van der Waals surface area contributed by atoms with E-state index >= 15 is 0 Å². The molecule has 1 aromatic carbocycles. The minimum absolute atomic E-state index is 0.0352. The second-order valence-corrected chi connectivity index (χ2v) is 5.42. The highest BCUT2D eigenvalue weighted by atomic mass is 35.5. The summed E-state index contributed by atoms with van der Waals surface area (Å²) in [6.45, 7) is 0. The monoisotopic (exact) mass is 321 g/mol. The Morgan fingerprint density at radius 1 is 1.33 bits per heavy atom. The fourth-order valence-corrected chi connectivity index (χ4v) is 2.87. The topological polar surface area (TPSA) is 78.2 Å². The average Bonchev–Trinajstić information content (AvgIpc) is 2.95. The number of thiophene rings is 1. The highest BCUT2D eigenvalue weighted by Gasteiger charge is 2.13. The number of non-ortho nitro benzene ring substituents is 1. The van der Waals surface area contributed by atoms with Crippen LogP contribution in [0.5, 0.6) is 5.75 Å². The summed E-state index contributed by atoms with van der Waals surface area (Å²) in [5, 5.41) is 13.5. The zero-order chi connectivity index (χ0) is 15.0. The molecule has 0 unspecified atom stereocenters. The van der Waals surface area contributed by atoms with E-state index in [2.05, 4.69) is 9.97 Å². The number of nitro groups is 1. The highest BCUT2D eigenvalue weighted by molar-refractivity contribution is 7.13. The zero-order valence-electron chi connectivity index (χ0n) is 10.7. The van der Waals surface area contributed by atoms with Gasteiger partial charge in [0.15, 0.2) is 5.82 Å². The van der Waals surface area contributed by atoms with Crippen LogP contribution in [0.2, 0.25) is 5.15 Å². The maximum Gasteiger partial charge on any atom is 0.271 e. The van der Waals surface area contributed by atoms with E-state index in [1.165, 1.54) is 23.5 Å². The first-order valence-corrected chi connectivity index (χ1v) is 7.09. The van der Waals surface area contributed by atoms with Crippen LogP contribution in [0.25, 0.3) is 21.6 Å². The third-order valence-corrected chi connectivity index (χ3v) is 4.07. The molecule has 0 radical (unpaired) electrons. The van der Waals surface area contributed by atoms with Crippen LogP contribution in [0.15, 0.2) is 29.6 Å². The number of ether oxygens (including phenoxy) is 1. The van der Waals surface area contributed by atoms with Gasteiger partial charge in [0.05, 0.1) is 22.4 Å². The third kappa shape index (κ3) is 2.53. The number of halogens is 1. The molecular formula is C13H8ClN3O3S. The lowest BCUT2D eigenvalue weighted by molar-refractivity contribution is -0.384. The minimum atomic E-state index is -0.469. The van der Waals surface area contributed by atoms with Crippen molar-refractivity contribution in [1.29, 1.82) is 0 Å². The molecule has 2 heterocycles. The number of hydrogen-bond acceptors (Lipinski definition) is 6. The molecule has 21 heavy (non-hydrogen) atoms. The molecule has 0 saturated heterocycles. The van der Waals surface area contributed by atoms with E-state index in [1.807, 2.05) is 5.38 Å². The van der Waals surface area contributed by atoms with Crippen LogP contribution in [-0.2, 0) is 0 Å². The fourth-order valence-electron chi connectivity index (χ4n) is 1.85. The molecule has 0 saturated carbocycles. The molecule has 0 spiro atoms. The largest absolute Gasteiger partial charge is 0.496 e. The Bertz CT molecular complexity index is 850. The van der Waals surface area contributed by atoms with Crippen LogP contribution in [-0.4, -0.2) is 22.0 Å². The van der Waals surface area contributed by atoms with Gasteiger partial charge in [-0.2, -0.15) is 0 Å². The van der Waals surface area contributed by atoms with Gasteiger partial charge in [-0.1, -0.05) is 11.6 Å². The molecule has 0 aliphatic rings. The first kappa shape index (κ1) is 13.7. The SMILES string of the molecule is COc1csc(-c2nc(Cl)c3ccc([N+](=O)[O-])cc3n2)c1. The predicted octanol–water partition coefficient (Wildman–Crippen LogP) is 3.93. The molecule has 0 aliphatic heterocycles.